The molecule has 3 aromatic rings. The number of piperazine rings is 1. The van der Waals surface area contributed by atoms with Crippen LogP contribution in [0.4, 0.5) is 5.82 Å². The molecule has 2 heterocycles. The van der Waals surface area contributed by atoms with Crippen molar-refractivity contribution in [2.24, 2.45) is 0 Å². The van der Waals surface area contributed by atoms with Crippen molar-refractivity contribution < 1.29 is 14.3 Å². The maximum atomic E-state index is 13.1. The number of aryl methyl sites for hydroxylation is 1. The number of methoxy groups -OCH3 is 1. The standard InChI is InChI=1S/C28H31N5O3/c1-4-14-33(28(35)24-11-6-5-8-21(24)2)20-27(34)32-17-15-31(16-18-32)26-13-12-25(29-30-26)22-9-7-10-23(19-22)36-3/h4-13,19H,1,14-18,20H2,2-3H3. The van der Waals surface area contributed by atoms with Crippen LogP contribution in [0.5, 0.6) is 5.75 Å². The van der Waals surface area contributed by atoms with Gasteiger partial charge in [0.05, 0.1) is 12.8 Å². The van der Waals surface area contributed by atoms with Gasteiger partial charge >= 0.3 is 0 Å². The highest BCUT2D eigenvalue weighted by atomic mass is 16.5. The van der Waals surface area contributed by atoms with Gasteiger partial charge in [-0.05, 0) is 42.8 Å². The van der Waals surface area contributed by atoms with Crippen molar-refractivity contribution in [3.8, 4) is 17.0 Å². The summed E-state index contributed by atoms with van der Waals surface area (Å²) in [5.74, 6) is 1.31. The van der Waals surface area contributed by atoms with Crippen LogP contribution in [0.25, 0.3) is 11.3 Å². The number of carbonyl (C=O) groups is 2. The molecule has 36 heavy (non-hydrogen) atoms. The lowest BCUT2D eigenvalue weighted by molar-refractivity contribution is -0.132. The second kappa shape index (κ2) is 11.5. The average Bonchev–Trinajstić information content (AvgIpc) is 2.93. The monoisotopic (exact) mass is 485 g/mol. The van der Waals surface area contributed by atoms with E-state index in [1.165, 1.54) is 0 Å². The van der Waals surface area contributed by atoms with Crippen LogP contribution in [-0.2, 0) is 4.79 Å². The summed E-state index contributed by atoms with van der Waals surface area (Å²) in [6.45, 7) is 8.38. The first-order valence-corrected chi connectivity index (χ1v) is 12.0. The van der Waals surface area contributed by atoms with Gasteiger partial charge in [0.15, 0.2) is 5.82 Å². The second-order valence-corrected chi connectivity index (χ2v) is 8.67. The van der Waals surface area contributed by atoms with Crippen LogP contribution in [-0.4, -0.2) is 78.2 Å². The maximum Gasteiger partial charge on any atom is 0.254 e. The molecule has 1 saturated heterocycles. The van der Waals surface area contributed by atoms with Gasteiger partial charge in [0.1, 0.15) is 12.3 Å². The van der Waals surface area contributed by atoms with Gasteiger partial charge in [-0.2, -0.15) is 0 Å². The minimum absolute atomic E-state index is 0.0221. The molecular formula is C28H31N5O3. The highest BCUT2D eigenvalue weighted by Crippen LogP contribution is 2.23. The van der Waals surface area contributed by atoms with Crippen molar-refractivity contribution in [3.05, 3.63) is 84.4 Å². The molecule has 1 aliphatic rings. The molecule has 1 aliphatic heterocycles. The number of hydrogen-bond acceptors (Lipinski definition) is 6. The van der Waals surface area contributed by atoms with Crippen molar-refractivity contribution in [2.75, 3.05) is 51.3 Å². The minimum atomic E-state index is -0.161. The zero-order valence-corrected chi connectivity index (χ0v) is 20.8. The Balaban J connectivity index is 1.35. The fourth-order valence-electron chi connectivity index (χ4n) is 4.24. The van der Waals surface area contributed by atoms with E-state index in [1.54, 1.807) is 29.1 Å². The van der Waals surface area contributed by atoms with E-state index in [9.17, 15) is 9.59 Å². The fourth-order valence-corrected chi connectivity index (χ4v) is 4.24. The molecule has 186 valence electrons. The first kappa shape index (κ1) is 24.9. The second-order valence-electron chi connectivity index (χ2n) is 8.67. The van der Waals surface area contributed by atoms with Crippen LogP contribution in [0.15, 0.2) is 73.3 Å². The molecule has 8 nitrogen and oxygen atoms in total. The van der Waals surface area contributed by atoms with Crippen molar-refractivity contribution in [1.29, 1.82) is 0 Å². The van der Waals surface area contributed by atoms with E-state index in [0.29, 0.717) is 38.3 Å². The van der Waals surface area contributed by atoms with E-state index >= 15 is 0 Å². The van der Waals surface area contributed by atoms with Gasteiger partial charge in [0.25, 0.3) is 5.91 Å². The van der Waals surface area contributed by atoms with Gasteiger partial charge in [-0.15, -0.1) is 16.8 Å². The molecule has 8 heteroatoms. The first-order chi connectivity index (χ1) is 17.5. The highest BCUT2D eigenvalue weighted by Gasteiger charge is 2.26. The first-order valence-electron chi connectivity index (χ1n) is 12.0. The fraction of sp³-hybridized carbons (Fsp3) is 0.286. The highest BCUT2D eigenvalue weighted by molar-refractivity contribution is 5.97. The van der Waals surface area contributed by atoms with Crippen LogP contribution in [0.3, 0.4) is 0 Å². The molecule has 0 atom stereocenters. The Morgan fingerprint density at radius 2 is 1.81 bits per heavy atom. The van der Waals surface area contributed by atoms with Crippen LogP contribution >= 0.6 is 0 Å². The molecular weight excluding hydrogens is 454 g/mol. The third-order valence-electron chi connectivity index (χ3n) is 6.31. The molecule has 2 aromatic carbocycles. The number of amides is 2. The topological polar surface area (TPSA) is 78.9 Å². The Labute approximate surface area is 211 Å². The molecule has 1 aromatic heterocycles. The lowest BCUT2D eigenvalue weighted by atomic mass is 10.1. The van der Waals surface area contributed by atoms with Gasteiger partial charge in [-0.1, -0.05) is 36.4 Å². The van der Waals surface area contributed by atoms with Crippen molar-refractivity contribution in [1.82, 2.24) is 20.0 Å². The molecule has 4 rings (SSSR count). The van der Waals surface area contributed by atoms with Gasteiger partial charge in [0.2, 0.25) is 5.91 Å². The average molecular weight is 486 g/mol. The number of rotatable bonds is 8. The van der Waals surface area contributed by atoms with Gasteiger partial charge in [-0.25, -0.2) is 0 Å². The summed E-state index contributed by atoms with van der Waals surface area (Å²) in [6.07, 6.45) is 1.65. The molecule has 1 fully saturated rings. The van der Waals surface area contributed by atoms with E-state index in [0.717, 1.165) is 28.4 Å². The largest absolute Gasteiger partial charge is 0.497 e. The van der Waals surface area contributed by atoms with Gasteiger partial charge < -0.3 is 19.4 Å². The maximum absolute atomic E-state index is 13.1. The smallest absolute Gasteiger partial charge is 0.254 e. The number of benzene rings is 2. The number of anilines is 1. The summed E-state index contributed by atoms with van der Waals surface area (Å²) >= 11 is 0. The summed E-state index contributed by atoms with van der Waals surface area (Å²) in [4.78, 5) is 31.6. The molecule has 2 amide bonds. The molecule has 0 N–H and O–H groups in total. The summed E-state index contributed by atoms with van der Waals surface area (Å²) in [5, 5.41) is 8.80. The van der Waals surface area contributed by atoms with E-state index in [2.05, 4.69) is 21.7 Å². The lowest BCUT2D eigenvalue weighted by Gasteiger charge is -2.36. The van der Waals surface area contributed by atoms with Crippen molar-refractivity contribution in [2.45, 2.75) is 6.92 Å². The van der Waals surface area contributed by atoms with Crippen LogP contribution in [0.1, 0.15) is 15.9 Å². The molecule has 0 bridgehead atoms. The Hall–Kier alpha value is -4.20. The predicted molar refractivity (Wildman–Crippen MR) is 140 cm³/mol. The molecule has 0 radical (unpaired) electrons. The third-order valence-corrected chi connectivity index (χ3v) is 6.31. The predicted octanol–water partition coefficient (Wildman–Crippen LogP) is 3.44. The zero-order chi connectivity index (χ0) is 25.5. The van der Waals surface area contributed by atoms with E-state index in [1.807, 2.05) is 61.5 Å². The molecule has 0 unspecified atom stereocenters. The Bertz CT molecular complexity index is 1220. The lowest BCUT2D eigenvalue weighted by Crippen LogP contribution is -2.52. The third kappa shape index (κ3) is 5.71. The quantitative estimate of drug-likeness (QED) is 0.455. The number of hydrogen-bond donors (Lipinski definition) is 0. The molecule has 0 aliphatic carbocycles. The number of carbonyl (C=O) groups excluding carboxylic acids is 2. The van der Waals surface area contributed by atoms with Gasteiger partial charge in [0, 0.05) is 43.9 Å². The Kier molecular flexibility index (Phi) is 7.95. The van der Waals surface area contributed by atoms with Gasteiger partial charge in [-0.3, -0.25) is 9.59 Å². The summed E-state index contributed by atoms with van der Waals surface area (Å²) in [7, 11) is 1.64. The number of aromatic nitrogens is 2. The number of nitrogens with zero attached hydrogens (tertiary/aromatic N) is 5. The molecule has 0 spiro atoms. The Morgan fingerprint density at radius 1 is 1.03 bits per heavy atom. The van der Waals surface area contributed by atoms with Crippen molar-refractivity contribution >= 4 is 17.6 Å². The van der Waals surface area contributed by atoms with Crippen LogP contribution < -0.4 is 9.64 Å². The van der Waals surface area contributed by atoms with Crippen LogP contribution in [0.2, 0.25) is 0 Å². The SMILES string of the molecule is C=CCN(CC(=O)N1CCN(c2ccc(-c3cccc(OC)c3)nn2)CC1)C(=O)c1ccccc1C. The summed E-state index contributed by atoms with van der Waals surface area (Å²) in [5.41, 5.74) is 3.20. The summed E-state index contributed by atoms with van der Waals surface area (Å²) < 4.78 is 5.29. The Morgan fingerprint density at radius 3 is 2.47 bits per heavy atom. The van der Waals surface area contributed by atoms with Crippen molar-refractivity contribution in [3.63, 3.8) is 0 Å². The number of ether oxygens (including phenoxy) is 1. The van der Waals surface area contributed by atoms with E-state index in [4.69, 9.17) is 4.74 Å². The van der Waals surface area contributed by atoms with E-state index in [-0.39, 0.29) is 18.4 Å². The molecule has 0 saturated carbocycles. The zero-order valence-electron chi connectivity index (χ0n) is 20.8. The van der Waals surface area contributed by atoms with E-state index < -0.39 is 0 Å². The van der Waals surface area contributed by atoms with Crippen LogP contribution in [0, 0.1) is 6.92 Å². The minimum Gasteiger partial charge on any atom is -0.497 e. The summed E-state index contributed by atoms with van der Waals surface area (Å²) in [6, 6.07) is 19.0. The normalized spacial score (nSPS) is 13.3.